The van der Waals surface area contributed by atoms with Crippen molar-refractivity contribution in [3.8, 4) is 11.4 Å². The van der Waals surface area contributed by atoms with Crippen molar-refractivity contribution < 1.29 is 4.39 Å². The van der Waals surface area contributed by atoms with Crippen LogP contribution < -0.4 is 0 Å². The molecule has 1 aromatic carbocycles. The molecule has 0 amide bonds. The summed E-state index contributed by atoms with van der Waals surface area (Å²) in [5.74, 6) is 1.81. The van der Waals surface area contributed by atoms with Gasteiger partial charge in [0.1, 0.15) is 11.6 Å². The topological polar surface area (TPSA) is 41.6 Å². The lowest BCUT2D eigenvalue weighted by atomic mass is 10.1. The van der Waals surface area contributed by atoms with Crippen molar-refractivity contribution in [3.63, 3.8) is 0 Å². The highest BCUT2D eigenvalue weighted by Gasteiger charge is 2.21. The number of aromatic nitrogens is 3. The highest BCUT2D eigenvalue weighted by molar-refractivity contribution is 5.55. The van der Waals surface area contributed by atoms with E-state index in [1.807, 2.05) is 13.0 Å². The molecule has 2 aromatic rings. The maximum absolute atomic E-state index is 13.4. The Kier molecular flexibility index (Phi) is 2.86. The fourth-order valence-corrected chi connectivity index (χ4v) is 2.65. The van der Waals surface area contributed by atoms with Crippen LogP contribution in [0.15, 0.2) is 18.2 Å². The van der Waals surface area contributed by atoms with Crippen LogP contribution in [0.2, 0.25) is 0 Å². The van der Waals surface area contributed by atoms with Gasteiger partial charge in [-0.15, -0.1) is 0 Å². The molecule has 0 radical (unpaired) electrons. The first-order chi connectivity index (χ1) is 8.72. The van der Waals surface area contributed by atoms with E-state index in [-0.39, 0.29) is 5.82 Å². The Bertz CT molecular complexity index is 536. The van der Waals surface area contributed by atoms with E-state index >= 15 is 0 Å². The van der Waals surface area contributed by atoms with Gasteiger partial charge in [-0.05, 0) is 43.5 Å². The normalized spacial score (nSPS) is 16.3. The number of H-pyrrole nitrogens is 1. The molecule has 0 atom stereocenters. The van der Waals surface area contributed by atoms with Crippen molar-refractivity contribution in [1.82, 2.24) is 15.2 Å². The Hall–Kier alpha value is -1.71. The van der Waals surface area contributed by atoms with Gasteiger partial charge in [-0.25, -0.2) is 9.37 Å². The summed E-state index contributed by atoms with van der Waals surface area (Å²) in [6.45, 7) is 1.87. The Morgan fingerprint density at radius 2 is 2.00 bits per heavy atom. The van der Waals surface area contributed by atoms with Crippen molar-refractivity contribution in [2.75, 3.05) is 0 Å². The van der Waals surface area contributed by atoms with Crippen LogP contribution in [0.4, 0.5) is 4.39 Å². The number of hydrogen-bond acceptors (Lipinski definition) is 2. The summed E-state index contributed by atoms with van der Waals surface area (Å²) in [7, 11) is 0. The molecule has 1 aliphatic carbocycles. The van der Waals surface area contributed by atoms with Gasteiger partial charge < -0.3 is 0 Å². The molecule has 0 bridgehead atoms. The summed E-state index contributed by atoms with van der Waals surface area (Å²) in [6.07, 6.45) is 4.88. The number of nitrogens with zero attached hydrogens (tertiary/aromatic N) is 2. The smallest absolute Gasteiger partial charge is 0.181 e. The van der Waals surface area contributed by atoms with E-state index in [4.69, 9.17) is 0 Å². The highest BCUT2D eigenvalue weighted by atomic mass is 19.1. The van der Waals surface area contributed by atoms with Gasteiger partial charge in [-0.1, -0.05) is 12.8 Å². The van der Waals surface area contributed by atoms with Crippen LogP contribution in [-0.2, 0) is 0 Å². The minimum atomic E-state index is -0.239. The van der Waals surface area contributed by atoms with Crippen molar-refractivity contribution in [2.45, 2.75) is 38.5 Å². The zero-order chi connectivity index (χ0) is 12.5. The Morgan fingerprint density at radius 1 is 1.22 bits per heavy atom. The van der Waals surface area contributed by atoms with E-state index in [1.165, 1.54) is 37.8 Å². The molecule has 0 unspecified atom stereocenters. The predicted octanol–water partition coefficient (Wildman–Crippen LogP) is 3.58. The average Bonchev–Trinajstić information content (AvgIpc) is 2.99. The number of hydrogen-bond donors (Lipinski definition) is 1. The second kappa shape index (κ2) is 4.52. The number of halogens is 1. The molecule has 1 fully saturated rings. The number of benzene rings is 1. The third-order valence-electron chi connectivity index (χ3n) is 3.54. The zero-order valence-corrected chi connectivity index (χ0v) is 10.4. The van der Waals surface area contributed by atoms with Crippen LogP contribution in [0, 0.1) is 12.7 Å². The number of aromatic amines is 1. The molecular weight excluding hydrogens is 229 g/mol. The van der Waals surface area contributed by atoms with Crippen LogP contribution in [0.25, 0.3) is 11.4 Å². The molecule has 3 rings (SSSR count). The van der Waals surface area contributed by atoms with Crippen molar-refractivity contribution in [1.29, 1.82) is 0 Å². The van der Waals surface area contributed by atoms with E-state index in [2.05, 4.69) is 15.2 Å². The second-order valence-corrected chi connectivity index (χ2v) is 5.04. The lowest BCUT2D eigenvalue weighted by molar-refractivity contribution is 0.627. The first-order valence-corrected chi connectivity index (χ1v) is 6.42. The third-order valence-corrected chi connectivity index (χ3v) is 3.54. The van der Waals surface area contributed by atoms with E-state index < -0.39 is 0 Å². The minimum Gasteiger partial charge on any atom is -0.262 e. The molecule has 0 saturated heterocycles. The van der Waals surface area contributed by atoms with Crippen LogP contribution in [-0.4, -0.2) is 15.2 Å². The lowest BCUT2D eigenvalue weighted by Crippen LogP contribution is -1.94. The van der Waals surface area contributed by atoms with E-state index in [1.54, 1.807) is 0 Å². The number of nitrogens with one attached hydrogen (secondary N) is 1. The summed E-state index contributed by atoms with van der Waals surface area (Å²) >= 11 is 0. The molecule has 94 valence electrons. The molecule has 1 heterocycles. The van der Waals surface area contributed by atoms with Crippen LogP contribution >= 0.6 is 0 Å². The van der Waals surface area contributed by atoms with E-state index in [0.717, 1.165) is 17.0 Å². The average molecular weight is 245 g/mol. The van der Waals surface area contributed by atoms with Crippen LogP contribution in [0.5, 0.6) is 0 Å². The van der Waals surface area contributed by atoms with Gasteiger partial charge in [0, 0.05) is 11.5 Å². The zero-order valence-electron chi connectivity index (χ0n) is 10.4. The maximum Gasteiger partial charge on any atom is 0.181 e. The number of rotatable bonds is 2. The van der Waals surface area contributed by atoms with E-state index in [0.29, 0.717) is 11.7 Å². The fraction of sp³-hybridized carbons (Fsp3) is 0.429. The van der Waals surface area contributed by atoms with Crippen molar-refractivity contribution in [2.24, 2.45) is 0 Å². The Morgan fingerprint density at radius 3 is 2.72 bits per heavy atom. The molecule has 1 aromatic heterocycles. The summed E-state index contributed by atoms with van der Waals surface area (Å²) in [5.41, 5.74) is 1.63. The Labute approximate surface area is 105 Å². The number of aryl methyl sites for hydroxylation is 1. The molecule has 18 heavy (non-hydrogen) atoms. The van der Waals surface area contributed by atoms with Gasteiger partial charge in [-0.3, -0.25) is 5.10 Å². The summed E-state index contributed by atoms with van der Waals surface area (Å²) in [6, 6.07) is 4.90. The van der Waals surface area contributed by atoms with Gasteiger partial charge in [0.2, 0.25) is 0 Å². The largest absolute Gasteiger partial charge is 0.262 e. The van der Waals surface area contributed by atoms with Crippen LogP contribution in [0.1, 0.15) is 43.0 Å². The molecule has 0 aliphatic heterocycles. The monoisotopic (exact) mass is 245 g/mol. The van der Waals surface area contributed by atoms with Gasteiger partial charge in [0.05, 0.1) is 0 Å². The molecule has 3 nitrogen and oxygen atoms in total. The maximum atomic E-state index is 13.4. The fourth-order valence-electron chi connectivity index (χ4n) is 2.65. The first-order valence-electron chi connectivity index (χ1n) is 6.42. The molecule has 1 saturated carbocycles. The SMILES string of the molecule is Cc1cc(F)cc(-c2n[nH]c(C3CCCC3)n2)c1. The molecule has 0 spiro atoms. The summed E-state index contributed by atoms with van der Waals surface area (Å²) < 4.78 is 13.4. The van der Waals surface area contributed by atoms with Gasteiger partial charge in [0.25, 0.3) is 0 Å². The molecular formula is C14H16FN3. The van der Waals surface area contributed by atoms with Gasteiger partial charge in [0.15, 0.2) is 5.82 Å². The van der Waals surface area contributed by atoms with Crippen molar-refractivity contribution in [3.05, 3.63) is 35.4 Å². The van der Waals surface area contributed by atoms with Gasteiger partial charge in [-0.2, -0.15) is 5.10 Å². The minimum absolute atomic E-state index is 0.239. The quantitative estimate of drug-likeness (QED) is 0.878. The first kappa shape index (κ1) is 11.4. The van der Waals surface area contributed by atoms with Crippen LogP contribution in [0.3, 0.4) is 0 Å². The van der Waals surface area contributed by atoms with Crippen molar-refractivity contribution >= 4 is 0 Å². The standard InChI is InChI=1S/C14H16FN3/c1-9-6-11(8-12(15)7-9)14-16-13(17-18-14)10-4-2-3-5-10/h6-8,10H,2-5H2,1H3,(H,16,17,18). The second-order valence-electron chi connectivity index (χ2n) is 5.04. The highest BCUT2D eigenvalue weighted by Crippen LogP contribution is 2.32. The summed E-state index contributed by atoms with van der Waals surface area (Å²) in [4.78, 5) is 4.51. The molecule has 1 aliphatic rings. The summed E-state index contributed by atoms with van der Waals surface area (Å²) in [5, 5.41) is 7.21. The lowest BCUT2D eigenvalue weighted by Gasteiger charge is -2.02. The molecule has 4 heteroatoms. The van der Waals surface area contributed by atoms with Gasteiger partial charge >= 0.3 is 0 Å². The van der Waals surface area contributed by atoms with E-state index in [9.17, 15) is 4.39 Å². The molecule has 1 N–H and O–H groups in total. The Balaban J connectivity index is 1.92. The predicted molar refractivity (Wildman–Crippen MR) is 67.7 cm³/mol. The third kappa shape index (κ3) is 2.15.